The Morgan fingerprint density at radius 3 is 2.23 bits per heavy atom. The molecule has 1 aliphatic carbocycles. The van der Waals surface area contributed by atoms with Gasteiger partial charge in [0.15, 0.2) is 12.2 Å². The summed E-state index contributed by atoms with van der Waals surface area (Å²) in [6.07, 6.45) is 6.27. The third-order valence-corrected chi connectivity index (χ3v) is 12.5. The van der Waals surface area contributed by atoms with Crippen LogP contribution in [-0.2, 0) is 44.7 Å². The molecule has 0 amide bonds. The lowest BCUT2D eigenvalue weighted by Gasteiger charge is -2.48. The van der Waals surface area contributed by atoms with Crippen LogP contribution in [0.5, 0.6) is 5.75 Å². The second-order valence-electron chi connectivity index (χ2n) is 16.7. The summed E-state index contributed by atoms with van der Waals surface area (Å²) >= 11 is 0. The van der Waals surface area contributed by atoms with Crippen LogP contribution in [0.1, 0.15) is 105 Å². The van der Waals surface area contributed by atoms with Crippen LogP contribution in [0.4, 0.5) is 0 Å². The standard InChI is InChI=1S/C50H52O7/c1-32(2)41-25-22-33-16-18-36(19-17-33)30-38(21-20-35-12-9-13-37(29-35)28-34-10-5-4-6-11-34)31-44(52)55-47-45-42(26-23-39-24-27-43(51)54-46(39)45)57-50(3,40-14-7-8-15-40)48(47)56-49(41)53/h4-6,9-13,16-19,23-24,26-27,29,38,40,47-48H,7-8,14-15,20-22,25,28,30-31H2,1-3H3. The van der Waals surface area contributed by atoms with Crippen molar-refractivity contribution in [3.8, 4) is 5.75 Å². The molecule has 4 aromatic carbocycles. The molecular formula is C50H52O7. The van der Waals surface area contributed by atoms with Gasteiger partial charge in [0.2, 0.25) is 0 Å². The molecule has 3 aliphatic heterocycles. The lowest BCUT2D eigenvalue weighted by Crippen LogP contribution is -2.58. The first-order valence-corrected chi connectivity index (χ1v) is 20.6. The number of aryl methyl sites for hydroxylation is 2. The zero-order valence-corrected chi connectivity index (χ0v) is 33.3. The van der Waals surface area contributed by atoms with Crippen molar-refractivity contribution in [3.63, 3.8) is 0 Å². The van der Waals surface area contributed by atoms with Crippen LogP contribution in [0.3, 0.4) is 0 Å². The van der Waals surface area contributed by atoms with Crippen LogP contribution >= 0.6 is 0 Å². The highest BCUT2D eigenvalue weighted by molar-refractivity contribution is 5.90. The molecular weight excluding hydrogens is 713 g/mol. The molecule has 57 heavy (non-hydrogen) atoms. The molecule has 0 spiro atoms. The average Bonchev–Trinajstić information content (AvgIpc) is 3.75. The fraction of sp³-hybridized carbons (Fsp3) is 0.380. The van der Waals surface area contributed by atoms with Crippen molar-refractivity contribution in [1.82, 2.24) is 0 Å². The van der Waals surface area contributed by atoms with Gasteiger partial charge in [0, 0.05) is 29.4 Å². The van der Waals surface area contributed by atoms with Crippen molar-refractivity contribution in [3.05, 3.63) is 158 Å². The number of carbonyl (C=O) groups is 2. The molecule has 0 N–H and O–H groups in total. The molecule has 0 saturated heterocycles. The van der Waals surface area contributed by atoms with Gasteiger partial charge in [-0.25, -0.2) is 9.59 Å². The maximum atomic E-state index is 14.6. The largest absolute Gasteiger partial charge is 0.483 e. The Bertz CT molecular complexity index is 2330. The normalized spacial score (nSPS) is 23.0. The van der Waals surface area contributed by atoms with Crippen molar-refractivity contribution < 1.29 is 28.2 Å². The Balaban J connectivity index is 1.17. The highest BCUT2D eigenvalue weighted by atomic mass is 16.6. The first kappa shape index (κ1) is 38.4. The molecule has 5 aromatic rings. The summed E-state index contributed by atoms with van der Waals surface area (Å²) < 4.78 is 26.1. The quantitative estimate of drug-likeness (QED) is 0.0966. The number of esters is 2. The van der Waals surface area contributed by atoms with Crippen LogP contribution in [0, 0.1) is 11.8 Å². The van der Waals surface area contributed by atoms with Gasteiger partial charge in [-0.2, -0.15) is 0 Å². The van der Waals surface area contributed by atoms with Crippen LogP contribution < -0.4 is 10.4 Å². The molecule has 7 heteroatoms. The summed E-state index contributed by atoms with van der Waals surface area (Å²) in [6, 6.07) is 34.5. The Labute approximate surface area is 335 Å². The third kappa shape index (κ3) is 8.49. The first-order valence-electron chi connectivity index (χ1n) is 20.6. The van der Waals surface area contributed by atoms with Gasteiger partial charge in [0.1, 0.15) is 16.9 Å². The van der Waals surface area contributed by atoms with E-state index in [9.17, 15) is 14.4 Å². The van der Waals surface area contributed by atoms with Crippen LogP contribution in [0.2, 0.25) is 0 Å². The van der Waals surface area contributed by atoms with E-state index in [2.05, 4.69) is 72.8 Å². The monoisotopic (exact) mass is 764 g/mol. The smallest absolute Gasteiger partial charge is 0.336 e. The van der Waals surface area contributed by atoms with Crippen molar-refractivity contribution in [2.45, 2.75) is 109 Å². The molecule has 4 aliphatic rings. The maximum absolute atomic E-state index is 14.6. The van der Waals surface area contributed by atoms with Crippen LogP contribution in [0.15, 0.2) is 123 Å². The fourth-order valence-electron chi connectivity index (χ4n) is 9.34. The van der Waals surface area contributed by atoms with Gasteiger partial charge in [-0.1, -0.05) is 97.3 Å². The van der Waals surface area contributed by atoms with E-state index in [1.54, 1.807) is 6.07 Å². The second kappa shape index (κ2) is 16.6. The maximum Gasteiger partial charge on any atom is 0.336 e. The molecule has 4 atom stereocenters. The number of hydrogen-bond acceptors (Lipinski definition) is 7. The van der Waals surface area contributed by atoms with Gasteiger partial charge in [0.05, 0.1) is 5.56 Å². The number of ether oxygens (including phenoxy) is 3. The highest BCUT2D eigenvalue weighted by Gasteiger charge is 2.56. The Hall–Kier alpha value is -5.43. The molecule has 294 valence electrons. The lowest BCUT2D eigenvalue weighted by atomic mass is 9.76. The van der Waals surface area contributed by atoms with E-state index >= 15 is 0 Å². The molecule has 1 fully saturated rings. The molecule has 0 radical (unpaired) electrons. The number of benzene rings is 4. The summed E-state index contributed by atoms with van der Waals surface area (Å²) in [5.41, 5.74) is 6.66. The van der Waals surface area contributed by atoms with Crippen molar-refractivity contribution in [2.75, 3.05) is 0 Å². The topological polar surface area (TPSA) is 92.0 Å². The van der Waals surface area contributed by atoms with E-state index in [1.807, 2.05) is 39.0 Å². The van der Waals surface area contributed by atoms with Gasteiger partial charge in [-0.3, -0.25) is 4.79 Å². The number of fused-ring (bicyclic) bond motifs is 13. The predicted molar refractivity (Wildman–Crippen MR) is 221 cm³/mol. The van der Waals surface area contributed by atoms with Gasteiger partial charge >= 0.3 is 17.6 Å². The number of rotatable bonds is 6. The molecule has 4 unspecified atom stereocenters. The summed E-state index contributed by atoms with van der Waals surface area (Å²) in [5.74, 6) is -0.354. The molecule has 9 rings (SSSR count). The highest BCUT2D eigenvalue weighted by Crippen LogP contribution is 2.52. The third-order valence-electron chi connectivity index (χ3n) is 12.5. The average molecular weight is 765 g/mol. The SMILES string of the molecule is CC(C)=C1CCc2ccc(cc2)CC(CCc2cccc(Cc3ccccc3)c2)CC(=O)OC2c3c(ccc4ccc(=O)oc34)OC(C)(C3CCCC3)C2OC1=O. The van der Waals surface area contributed by atoms with Gasteiger partial charge in [-0.05, 0) is 124 Å². The molecule has 7 nitrogen and oxygen atoms in total. The molecule has 4 heterocycles. The van der Waals surface area contributed by atoms with Crippen LogP contribution in [-0.4, -0.2) is 23.6 Å². The van der Waals surface area contributed by atoms with Crippen molar-refractivity contribution >= 4 is 22.9 Å². The minimum absolute atomic E-state index is 0.0294. The molecule has 2 bridgehead atoms. The lowest BCUT2D eigenvalue weighted by molar-refractivity contribution is -0.199. The summed E-state index contributed by atoms with van der Waals surface area (Å²) in [5, 5.41) is 0.662. The van der Waals surface area contributed by atoms with Gasteiger partial charge < -0.3 is 18.6 Å². The Kier molecular flexibility index (Phi) is 11.2. The summed E-state index contributed by atoms with van der Waals surface area (Å²) in [4.78, 5) is 41.7. The van der Waals surface area contributed by atoms with Crippen LogP contribution in [0.25, 0.3) is 11.0 Å². The first-order chi connectivity index (χ1) is 27.6. The number of allylic oxidation sites excluding steroid dienone is 1. The molecule has 1 aromatic heterocycles. The predicted octanol–water partition coefficient (Wildman–Crippen LogP) is 10.4. The minimum atomic E-state index is -1.06. The van der Waals surface area contributed by atoms with Gasteiger partial charge in [-0.15, -0.1) is 0 Å². The Morgan fingerprint density at radius 2 is 1.46 bits per heavy atom. The summed E-state index contributed by atoms with van der Waals surface area (Å²) in [7, 11) is 0. The fourth-order valence-corrected chi connectivity index (χ4v) is 9.34. The van der Waals surface area contributed by atoms with E-state index in [0.717, 1.165) is 61.6 Å². The van der Waals surface area contributed by atoms with E-state index in [1.165, 1.54) is 22.8 Å². The van der Waals surface area contributed by atoms with E-state index < -0.39 is 35.4 Å². The zero-order valence-electron chi connectivity index (χ0n) is 33.3. The van der Waals surface area contributed by atoms with Crippen molar-refractivity contribution in [2.24, 2.45) is 11.8 Å². The number of carbonyl (C=O) groups excluding carboxylic acids is 2. The Morgan fingerprint density at radius 1 is 0.737 bits per heavy atom. The molecule has 1 saturated carbocycles. The zero-order chi connectivity index (χ0) is 39.5. The van der Waals surface area contributed by atoms with E-state index in [0.29, 0.717) is 41.5 Å². The second-order valence-corrected chi connectivity index (χ2v) is 16.7. The summed E-state index contributed by atoms with van der Waals surface area (Å²) in [6.45, 7) is 5.85. The van der Waals surface area contributed by atoms with E-state index in [4.69, 9.17) is 18.6 Å². The van der Waals surface area contributed by atoms with Crippen molar-refractivity contribution in [1.29, 1.82) is 0 Å². The number of hydrogen-bond donors (Lipinski definition) is 0. The minimum Gasteiger partial charge on any atom is -0.483 e. The van der Waals surface area contributed by atoms with E-state index in [-0.39, 0.29) is 23.8 Å². The van der Waals surface area contributed by atoms with Gasteiger partial charge in [0.25, 0.3) is 0 Å².